The molecule has 172 valence electrons. The summed E-state index contributed by atoms with van der Waals surface area (Å²) < 4.78 is 8.28. The predicted molar refractivity (Wildman–Crippen MR) is 130 cm³/mol. The molecule has 1 aromatic carbocycles. The number of nitrogens with zero attached hydrogens (tertiary/aromatic N) is 2. The topological polar surface area (TPSA) is 70.3 Å². The molecule has 0 spiro atoms. The molecule has 3 aromatic rings. The zero-order valence-corrected chi connectivity index (χ0v) is 20.8. The fraction of sp³-hybridized carbons (Fsp3) is 0.480. The lowest BCUT2D eigenvalue weighted by Crippen LogP contribution is -2.54. The number of rotatable bonds is 6. The average molecular weight is 457 g/mol. The van der Waals surface area contributed by atoms with Gasteiger partial charge in [0, 0.05) is 11.4 Å². The Morgan fingerprint density at radius 3 is 2.25 bits per heavy atom. The second-order valence-corrected chi connectivity index (χ2v) is 10.6. The number of hydrogen-bond donors (Lipinski definition) is 0. The molecule has 0 bridgehead atoms. The summed E-state index contributed by atoms with van der Waals surface area (Å²) in [6.45, 7) is 12.8. The van der Waals surface area contributed by atoms with Gasteiger partial charge < -0.3 is 4.74 Å². The third-order valence-electron chi connectivity index (χ3n) is 5.56. The number of carbonyl (C=O) groups is 1. The SMILES string of the molecule is CCc1sc2c(c1C)c(=O)n(C(C)(C)C(=O)OC(C)(C)C)c(=O)n2CCc1ccccc1. The summed E-state index contributed by atoms with van der Waals surface area (Å²) in [6.07, 6.45) is 1.41. The number of esters is 1. The van der Waals surface area contributed by atoms with Crippen LogP contribution in [0.2, 0.25) is 0 Å². The van der Waals surface area contributed by atoms with Crippen LogP contribution in [0.15, 0.2) is 39.9 Å². The van der Waals surface area contributed by atoms with Crippen molar-refractivity contribution in [1.29, 1.82) is 0 Å². The smallest absolute Gasteiger partial charge is 0.333 e. The molecule has 6 nitrogen and oxygen atoms in total. The number of thiophene rings is 1. The van der Waals surface area contributed by atoms with Crippen LogP contribution in [0.25, 0.3) is 10.2 Å². The first kappa shape index (κ1) is 24.0. The van der Waals surface area contributed by atoms with E-state index in [1.807, 2.05) is 44.2 Å². The van der Waals surface area contributed by atoms with E-state index < -0.39 is 28.4 Å². The first-order chi connectivity index (χ1) is 14.9. The molecule has 2 aromatic heterocycles. The minimum atomic E-state index is -1.45. The van der Waals surface area contributed by atoms with Crippen molar-refractivity contribution in [1.82, 2.24) is 9.13 Å². The Labute approximate surface area is 192 Å². The number of benzene rings is 1. The zero-order chi connectivity index (χ0) is 23.8. The van der Waals surface area contributed by atoms with Crippen LogP contribution in [-0.2, 0) is 34.5 Å². The first-order valence-electron chi connectivity index (χ1n) is 10.9. The van der Waals surface area contributed by atoms with Crippen LogP contribution in [0.1, 0.15) is 57.5 Å². The summed E-state index contributed by atoms with van der Waals surface area (Å²) in [6, 6.07) is 9.91. The number of hydrogen-bond acceptors (Lipinski definition) is 5. The van der Waals surface area contributed by atoms with Gasteiger partial charge in [-0.1, -0.05) is 37.3 Å². The lowest BCUT2D eigenvalue weighted by atomic mass is 10.0. The number of aromatic nitrogens is 2. The van der Waals surface area contributed by atoms with Crippen LogP contribution >= 0.6 is 11.3 Å². The van der Waals surface area contributed by atoms with E-state index in [0.29, 0.717) is 23.2 Å². The highest BCUT2D eigenvalue weighted by Crippen LogP contribution is 2.29. The third-order valence-corrected chi connectivity index (χ3v) is 7.02. The van der Waals surface area contributed by atoms with Crippen molar-refractivity contribution in [3.63, 3.8) is 0 Å². The van der Waals surface area contributed by atoms with Crippen LogP contribution in [0.3, 0.4) is 0 Å². The lowest BCUT2D eigenvalue weighted by molar-refractivity contribution is -0.164. The van der Waals surface area contributed by atoms with Gasteiger partial charge in [-0.05, 0) is 65.5 Å². The van der Waals surface area contributed by atoms with E-state index in [1.165, 1.54) is 11.3 Å². The maximum Gasteiger partial charge on any atom is 0.333 e. The van der Waals surface area contributed by atoms with E-state index in [-0.39, 0.29) is 0 Å². The Hall–Kier alpha value is -2.67. The number of ether oxygens (including phenoxy) is 1. The molecule has 0 saturated carbocycles. The fourth-order valence-corrected chi connectivity index (χ4v) is 5.05. The molecule has 0 fully saturated rings. The summed E-state index contributed by atoms with van der Waals surface area (Å²) in [7, 11) is 0. The highest BCUT2D eigenvalue weighted by Gasteiger charge is 2.38. The summed E-state index contributed by atoms with van der Waals surface area (Å²) in [5, 5.41) is 0.510. The molecule has 2 heterocycles. The van der Waals surface area contributed by atoms with E-state index in [2.05, 4.69) is 0 Å². The van der Waals surface area contributed by atoms with Gasteiger partial charge in [0.15, 0.2) is 0 Å². The van der Waals surface area contributed by atoms with Gasteiger partial charge in [-0.15, -0.1) is 11.3 Å². The molecule has 0 amide bonds. The molecule has 0 aliphatic heterocycles. The molecule has 0 radical (unpaired) electrons. The van der Waals surface area contributed by atoms with Gasteiger partial charge >= 0.3 is 11.7 Å². The quantitative estimate of drug-likeness (QED) is 0.515. The Balaban J connectivity index is 2.25. The standard InChI is InChI=1S/C25H32N2O4S/c1-8-18-16(2)19-20(28)27(25(6,7)22(29)31-24(3,4)5)23(30)26(21(19)32-18)15-14-17-12-10-9-11-13-17/h9-13H,8,14-15H2,1-7H3. The van der Waals surface area contributed by atoms with Gasteiger partial charge in [-0.25, -0.2) is 14.2 Å². The van der Waals surface area contributed by atoms with Crippen LogP contribution in [0, 0.1) is 6.92 Å². The molecular formula is C25H32N2O4S. The second-order valence-electron chi connectivity index (χ2n) is 9.56. The summed E-state index contributed by atoms with van der Waals surface area (Å²) >= 11 is 1.49. The lowest BCUT2D eigenvalue weighted by Gasteiger charge is -2.30. The number of carbonyl (C=O) groups excluding carboxylic acids is 1. The van der Waals surface area contributed by atoms with Crippen LogP contribution in [-0.4, -0.2) is 20.7 Å². The molecule has 0 saturated heterocycles. The van der Waals surface area contributed by atoms with Crippen molar-refractivity contribution in [3.8, 4) is 0 Å². The van der Waals surface area contributed by atoms with Gasteiger partial charge in [-0.2, -0.15) is 0 Å². The summed E-state index contributed by atoms with van der Waals surface area (Å²) in [4.78, 5) is 42.0. The monoisotopic (exact) mass is 456 g/mol. The van der Waals surface area contributed by atoms with Crippen molar-refractivity contribution in [2.24, 2.45) is 0 Å². The second kappa shape index (κ2) is 8.70. The van der Waals surface area contributed by atoms with Crippen molar-refractivity contribution in [2.75, 3.05) is 0 Å². The third kappa shape index (κ3) is 4.44. The van der Waals surface area contributed by atoms with E-state index in [1.54, 1.807) is 39.2 Å². The molecule has 0 aliphatic carbocycles. The molecule has 7 heteroatoms. The molecule has 0 unspecified atom stereocenters. The van der Waals surface area contributed by atoms with Crippen molar-refractivity contribution >= 4 is 27.5 Å². The minimum Gasteiger partial charge on any atom is -0.458 e. The molecule has 3 rings (SSSR count). The summed E-state index contributed by atoms with van der Waals surface area (Å²) in [5.41, 5.74) is -1.14. The van der Waals surface area contributed by atoms with Gasteiger partial charge in [-0.3, -0.25) is 9.36 Å². The average Bonchev–Trinajstić information content (AvgIpc) is 3.03. The highest BCUT2D eigenvalue weighted by atomic mass is 32.1. The summed E-state index contributed by atoms with van der Waals surface area (Å²) in [5.74, 6) is -0.609. The Kier molecular flexibility index (Phi) is 6.52. The Morgan fingerprint density at radius 2 is 1.69 bits per heavy atom. The maximum absolute atomic E-state index is 13.7. The van der Waals surface area contributed by atoms with E-state index in [9.17, 15) is 14.4 Å². The van der Waals surface area contributed by atoms with Crippen molar-refractivity contribution in [2.45, 2.75) is 79.0 Å². The normalized spacial score (nSPS) is 12.3. The minimum absolute atomic E-state index is 0.410. The molecule has 0 aliphatic rings. The van der Waals surface area contributed by atoms with E-state index in [4.69, 9.17) is 4.74 Å². The molecule has 0 atom stereocenters. The maximum atomic E-state index is 13.7. The van der Waals surface area contributed by atoms with Crippen molar-refractivity contribution in [3.05, 3.63) is 67.2 Å². The number of aryl methyl sites for hydroxylation is 4. The molecular weight excluding hydrogens is 424 g/mol. The molecule has 32 heavy (non-hydrogen) atoms. The first-order valence-corrected chi connectivity index (χ1v) is 11.8. The van der Waals surface area contributed by atoms with Gasteiger partial charge in [0.2, 0.25) is 0 Å². The molecule has 0 N–H and O–H groups in total. The largest absolute Gasteiger partial charge is 0.458 e. The van der Waals surface area contributed by atoms with Crippen LogP contribution < -0.4 is 11.2 Å². The predicted octanol–water partition coefficient (Wildman–Crippen LogP) is 4.42. The van der Waals surface area contributed by atoms with E-state index >= 15 is 0 Å². The Bertz CT molecular complexity index is 1260. The van der Waals surface area contributed by atoms with Gasteiger partial charge in [0.05, 0.1) is 5.39 Å². The van der Waals surface area contributed by atoms with Crippen LogP contribution in [0.5, 0.6) is 0 Å². The van der Waals surface area contributed by atoms with E-state index in [0.717, 1.165) is 27.0 Å². The fourth-order valence-electron chi connectivity index (χ4n) is 3.80. The van der Waals surface area contributed by atoms with Gasteiger partial charge in [0.1, 0.15) is 16.0 Å². The van der Waals surface area contributed by atoms with Gasteiger partial charge in [0.25, 0.3) is 5.56 Å². The Morgan fingerprint density at radius 1 is 1.06 bits per heavy atom. The number of fused-ring (bicyclic) bond motifs is 1. The zero-order valence-electron chi connectivity index (χ0n) is 19.9. The highest BCUT2D eigenvalue weighted by molar-refractivity contribution is 7.18. The van der Waals surface area contributed by atoms with Crippen LogP contribution in [0.4, 0.5) is 0 Å². The van der Waals surface area contributed by atoms with Crippen molar-refractivity contribution < 1.29 is 9.53 Å².